The molecule has 0 saturated carbocycles. The van der Waals surface area contributed by atoms with Gasteiger partial charge in [-0.25, -0.2) is 13.8 Å². The van der Waals surface area contributed by atoms with Crippen LogP contribution in [0.25, 0.3) is 11.3 Å². The first kappa shape index (κ1) is 16.5. The number of aromatic nitrogens is 1. The van der Waals surface area contributed by atoms with Crippen LogP contribution in [0.5, 0.6) is 11.5 Å². The minimum Gasteiger partial charge on any atom is -0.485 e. The predicted molar refractivity (Wildman–Crippen MR) is 92.4 cm³/mol. The number of carbonyl (C=O) groups is 1. The van der Waals surface area contributed by atoms with Crippen LogP contribution in [0, 0.1) is 11.6 Å². The Labute approximate surface area is 151 Å². The average Bonchev–Trinajstić information content (AvgIpc) is 3.12. The molecule has 0 radical (unpaired) electrons. The maximum Gasteiger partial charge on any atom is 0.270 e. The number of ether oxygens (including phenoxy) is 2. The lowest BCUT2D eigenvalue weighted by molar-refractivity contribution is -0.125. The number of amides is 1. The summed E-state index contributed by atoms with van der Waals surface area (Å²) in [7, 11) is 0. The van der Waals surface area contributed by atoms with Gasteiger partial charge in [-0.05, 0) is 30.3 Å². The molecule has 3 aromatic rings. The van der Waals surface area contributed by atoms with Gasteiger partial charge in [-0.15, -0.1) is 11.3 Å². The molecule has 1 amide bonds. The number of benzene rings is 2. The smallest absolute Gasteiger partial charge is 0.270 e. The second-order valence-electron chi connectivity index (χ2n) is 5.52. The summed E-state index contributed by atoms with van der Waals surface area (Å²) in [5, 5.41) is 4.63. The van der Waals surface area contributed by atoms with Crippen LogP contribution >= 0.6 is 11.3 Å². The molecular weight excluding hydrogens is 362 g/mol. The van der Waals surface area contributed by atoms with E-state index in [1.807, 2.05) is 6.07 Å². The number of para-hydroxylation sites is 2. The van der Waals surface area contributed by atoms with Crippen molar-refractivity contribution in [1.82, 2.24) is 4.98 Å². The Morgan fingerprint density at radius 3 is 2.77 bits per heavy atom. The number of hydrogen-bond donors (Lipinski definition) is 1. The van der Waals surface area contributed by atoms with Crippen LogP contribution in [0.2, 0.25) is 0 Å². The van der Waals surface area contributed by atoms with Crippen molar-refractivity contribution in [2.24, 2.45) is 0 Å². The fourth-order valence-corrected chi connectivity index (χ4v) is 3.18. The molecule has 0 bridgehead atoms. The highest BCUT2D eigenvalue weighted by molar-refractivity contribution is 7.14. The normalized spacial score (nSPS) is 15.5. The van der Waals surface area contributed by atoms with Crippen molar-refractivity contribution in [3.8, 4) is 22.8 Å². The van der Waals surface area contributed by atoms with Gasteiger partial charge in [0.2, 0.25) is 6.10 Å². The molecule has 2 aromatic carbocycles. The van der Waals surface area contributed by atoms with Crippen molar-refractivity contribution in [3.05, 3.63) is 59.5 Å². The number of carbonyl (C=O) groups excluding carboxylic acids is 1. The summed E-state index contributed by atoms with van der Waals surface area (Å²) < 4.78 is 37.5. The highest BCUT2D eigenvalue weighted by atomic mass is 32.1. The third-order valence-corrected chi connectivity index (χ3v) is 4.51. The quantitative estimate of drug-likeness (QED) is 0.756. The van der Waals surface area contributed by atoms with E-state index in [9.17, 15) is 13.6 Å². The summed E-state index contributed by atoms with van der Waals surface area (Å²) in [6.45, 7) is 0.0876. The zero-order valence-corrected chi connectivity index (χ0v) is 14.1. The Kier molecular flexibility index (Phi) is 4.26. The van der Waals surface area contributed by atoms with Gasteiger partial charge in [-0.3, -0.25) is 10.1 Å². The lowest BCUT2D eigenvalue weighted by Crippen LogP contribution is -2.40. The zero-order valence-electron chi connectivity index (χ0n) is 13.2. The fraction of sp³-hybridized carbons (Fsp3) is 0.111. The van der Waals surface area contributed by atoms with Crippen molar-refractivity contribution in [2.45, 2.75) is 6.10 Å². The van der Waals surface area contributed by atoms with E-state index in [1.165, 1.54) is 17.4 Å². The minimum atomic E-state index is -0.951. The van der Waals surface area contributed by atoms with E-state index < -0.39 is 23.6 Å². The summed E-state index contributed by atoms with van der Waals surface area (Å²) in [4.78, 5) is 16.6. The summed E-state index contributed by atoms with van der Waals surface area (Å²) in [5.41, 5.74) is 0.863. The lowest BCUT2D eigenvalue weighted by atomic mass is 10.2. The fourth-order valence-electron chi connectivity index (χ4n) is 2.45. The first-order valence-electron chi connectivity index (χ1n) is 7.70. The Morgan fingerprint density at radius 2 is 1.96 bits per heavy atom. The molecule has 1 atom stereocenters. The highest BCUT2D eigenvalue weighted by Gasteiger charge is 2.27. The maximum absolute atomic E-state index is 13.3. The molecule has 0 fully saturated rings. The van der Waals surface area contributed by atoms with Crippen LogP contribution in [0.1, 0.15) is 0 Å². The van der Waals surface area contributed by atoms with Gasteiger partial charge in [0.05, 0.1) is 5.69 Å². The van der Waals surface area contributed by atoms with E-state index in [2.05, 4.69) is 10.3 Å². The topological polar surface area (TPSA) is 60.5 Å². The average molecular weight is 374 g/mol. The van der Waals surface area contributed by atoms with Gasteiger partial charge in [-0.2, -0.15) is 0 Å². The molecule has 0 unspecified atom stereocenters. The van der Waals surface area contributed by atoms with Crippen molar-refractivity contribution >= 4 is 22.4 Å². The SMILES string of the molecule is O=C(Nc1nc(-c2ccc(F)c(F)c2)cs1)[C@H]1COc2ccccc2O1. The molecule has 2 heterocycles. The lowest BCUT2D eigenvalue weighted by Gasteiger charge is -2.25. The molecule has 132 valence electrons. The molecule has 0 saturated heterocycles. The maximum atomic E-state index is 13.3. The van der Waals surface area contributed by atoms with Gasteiger partial charge in [0.1, 0.15) is 6.61 Å². The number of halogens is 2. The van der Waals surface area contributed by atoms with Crippen LogP contribution in [0.4, 0.5) is 13.9 Å². The van der Waals surface area contributed by atoms with Crippen LogP contribution in [-0.4, -0.2) is 23.6 Å². The molecule has 1 aromatic heterocycles. The number of rotatable bonds is 3. The Hall–Kier alpha value is -3.00. The summed E-state index contributed by atoms with van der Waals surface area (Å²) >= 11 is 1.18. The molecule has 0 spiro atoms. The van der Waals surface area contributed by atoms with E-state index in [1.54, 1.807) is 23.6 Å². The van der Waals surface area contributed by atoms with E-state index >= 15 is 0 Å². The molecule has 26 heavy (non-hydrogen) atoms. The number of fused-ring (bicyclic) bond motifs is 1. The van der Waals surface area contributed by atoms with Gasteiger partial charge < -0.3 is 9.47 Å². The highest BCUT2D eigenvalue weighted by Crippen LogP contribution is 2.31. The van der Waals surface area contributed by atoms with Gasteiger partial charge in [0, 0.05) is 10.9 Å². The third-order valence-electron chi connectivity index (χ3n) is 3.75. The molecule has 8 heteroatoms. The van der Waals surface area contributed by atoms with Crippen molar-refractivity contribution < 1.29 is 23.0 Å². The Bertz CT molecular complexity index is 977. The summed E-state index contributed by atoms with van der Waals surface area (Å²) in [6, 6.07) is 10.6. The van der Waals surface area contributed by atoms with E-state index in [4.69, 9.17) is 9.47 Å². The zero-order chi connectivity index (χ0) is 18.1. The van der Waals surface area contributed by atoms with E-state index in [0.29, 0.717) is 27.9 Å². The van der Waals surface area contributed by atoms with Crippen LogP contribution in [0.15, 0.2) is 47.8 Å². The van der Waals surface area contributed by atoms with E-state index in [-0.39, 0.29) is 6.61 Å². The molecule has 1 aliphatic heterocycles. The predicted octanol–water partition coefficient (Wildman–Crippen LogP) is 3.87. The van der Waals surface area contributed by atoms with Crippen LogP contribution in [-0.2, 0) is 4.79 Å². The van der Waals surface area contributed by atoms with Crippen LogP contribution in [0.3, 0.4) is 0 Å². The number of hydrogen-bond acceptors (Lipinski definition) is 5. The number of nitrogens with zero attached hydrogens (tertiary/aromatic N) is 1. The van der Waals surface area contributed by atoms with Crippen molar-refractivity contribution in [3.63, 3.8) is 0 Å². The van der Waals surface area contributed by atoms with Crippen LogP contribution < -0.4 is 14.8 Å². The molecule has 1 N–H and O–H groups in total. The number of thiazole rings is 1. The standard InChI is InChI=1S/C18H12F2N2O3S/c19-11-6-5-10(7-12(11)20)13-9-26-18(21-13)22-17(23)16-8-24-14-3-1-2-4-15(14)25-16/h1-7,9,16H,8H2,(H,21,22,23)/t16-/m1/s1. The Morgan fingerprint density at radius 1 is 1.15 bits per heavy atom. The summed E-state index contributed by atoms with van der Waals surface area (Å²) in [6.07, 6.45) is -0.805. The molecule has 4 rings (SSSR count). The van der Waals surface area contributed by atoms with Gasteiger partial charge in [0.15, 0.2) is 28.3 Å². The third kappa shape index (κ3) is 3.23. The second kappa shape index (κ2) is 6.72. The number of nitrogens with one attached hydrogen (secondary N) is 1. The first-order chi connectivity index (χ1) is 12.6. The largest absolute Gasteiger partial charge is 0.485 e. The molecule has 1 aliphatic rings. The Balaban J connectivity index is 1.46. The van der Waals surface area contributed by atoms with E-state index in [0.717, 1.165) is 12.1 Å². The minimum absolute atomic E-state index is 0.0876. The molecule has 5 nitrogen and oxygen atoms in total. The molecule has 0 aliphatic carbocycles. The molecular formula is C18H12F2N2O3S. The van der Waals surface area contributed by atoms with Gasteiger partial charge >= 0.3 is 0 Å². The number of anilines is 1. The monoisotopic (exact) mass is 374 g/mol. The van der Waals surface area contributed by atoms with Gasteiger partial charge in [0.25, 0.3) is 5.91 Å². The van der Waals surface area contributed by atoms with Crippen molar-refractivity contribution in [1.29, 1.82) is 0 Å². The van der Waals surface area contributed by atoms with Crippen molar-refractivity contribution in [2.75, 3.05) is 11.9 Å². The van der Waals surface area contributed by atoms with Gasteiger partial charge in [-0.1, -0.05) is 12.1 Å². The summed E-state index contributed by atoms with van der Waals surface area (Å²) in [5.74, 6) is -1.18. The first-order valence-corrected chi connectivity index (χ1v) is 8.58. The second-order valence-corrected chi connectivity index (χ2v) is 6.38.